The largest absolute Gasteiger partial charge is 0.380 e. The van der Waals surface area contributed by atoms with E-state index >= 15 is 0 Å². The lowest BCUT2D eigenvalue weighted by atomic mass is 9.81. The highest BCUT2D eigenvalue weighted by Crippen LogP contribution is 2.30. The van der Waals surface area contributed by atoms with Crippen molar-refractivity contribution in [3.05, 3.63) is 34.6 Å². The summed E-state index contributed by atoms with van der Waals surface area (Å²) in [5.41, 5.74) is 6.88. The Labute approximate surface area is 125 Å². The molecule has 0 spiro atoms. The summed E-state index contributed by atoms with van der Waals surface area (Å²) in [6.45, 7) is 0. The molecule has 2 atom stereocenters. The molecule has 0 bridgehead atoms. The molecule has 2 N–H and O–H groups in total. The second-order valence-corrected chi connectivity index (χ2v) is 6.14. The summed E-state index contributed by atoms with van der Waals surface area (Å²) in [4.78, 5) is 0. The summed E-state index contributed by atoms with van der Waals surface area (Å²) in [7, 11) is 1.71. The van der Waals surface area contributed by atoms with Crippen molar-refractivity contribution in [1.29, 1.82) is 0 Å². The van der Waals surface area contributed by atoms with Crippen molar-refractivity contribution in [2.24, 2.45) is 11.7 Å². The van der Waals surface area contributed by atoms with Gasteiger partial charge < -0.3 is 10.5 Å². The quantitative estimate of drug-likeness (QED) is 0.893. The van der Waals surface area contributed by atoms with Crippen LogP contribution in [0.5, 0.6) is 0 Å². The average Bonchev–Trinajstić information content (AvgIpc) is 2.44. The van der Waals surface area contributed by atoms with Crippen LogP contribution in [0.3, 0.4) is 0 Å². The fraction of sp³-hybridized carbons (Fsp3) is 0.625. The lowest BCUT2D eigenvalue weighted by Crippen LogP contribution is -2.43. The van der Waals surface area contributed by atoms with Crippen LogP contribution in [0.25, 0.3) is 0 Å². The molecule has 4 heteroatoms. The molecule has 1 aliphatic carbocycles. The van der Waals surface area contributed by atoms with Gasteiger partial charge in [0.15, 0.2) is 0 Å². The summed E-state index contributed by atoms with van der Waals surface area (Å²) >= 11 is 5.77. The average molecular weight is 300 g/mol. The first kappa shape index (κ1) is 15.7. The van der Waals surface area contributed by atoms with Gasteiger partial charge in [0.05, 0.1) is 6.10 Å². The Morgan fingerprint density at radius 3 is 2.65 bits per heavy atom. The summed E-state index contributed by atoms with van der Waals surface area (Å²) in [5, 5.41) is 0.412. The lowest BCUT2D eigenvalue weighted by Gasteiger charge is -2.33. The van der Waals surface area contributed by atoms with Gasteiger partial charge in [0.1, 0.15) is 5.82 Å². The molecule has 1 saturated carbocycles. The second-order valence-electron chi connectivity index (χ2n) is 5.70. The first-order valence-corrected chi connectivity index (χ1v) is 7.72. The summed E-state index contributed by atoms with van der Waals surface area (Å²) in [6, 6.07) is 4.57. The zero-order valence-corrected chi connectivity index (χ0v) is 12.7. The van der Waals surface area contributed by atoms with Crippen molar-refractivity contribution >= 4 is 11.6 Å². The van der Waals surface area contributed by atoms with E-state index in [0.29, 0.717) is 22.9 Å². The molecule has 0 aliphatic heterocycles. The number of ether oxygens (including phenoxy) is 1. The van der Waals surface area contributed by atoms with Crippen molar-refractivity contribution in [3.63, 3.8) is 0 Å². The zero-order valence-electron chi connectivity index (χ0n) is 11.9. The maximum atomic E-state index is 13.8. The highest BCUT2D eigenvalue weighted by molar-refractivity contribution is 6.30. The number of methoxy groups -OCH3 is 1. The Kier molecular flexibility index (Phi) is 5.82. The molecular formula is C16H23ClFNO. The third kappa shape index (κ3) is 3.94. The minimum Gasteiger partial charge on any atom is -0.380 e. The highest BCUT2D eigenvalue weighted by atomic mass is 35.5. The van der Waals surface area contributed by atoms with E-state index in [0.717, 1.165) is 12.8 Å². The first-order chi connectivity index (χ1) is 9.61. The summed E-state index contributed by atoms with van der Waals surface area (Å²) in [5.74, 6) is 0.213. The molecule has 0 amide bonds. The summed E-state index contributed by atoms with van der Waals surface area (Å²) < 4.78 is 19.5. The van der Waals surface area contributed by atoms with Crippen LogP contribution in [0.1, 0.15) is 37.7 Å². The van der Waals surface area contributed by atoms with Gasteiger partial charge >= 0.3 is 0 Å². The van der Waals surface area contributed by atoms with Gasteiger partial charge in [0.2, 0.25) is 0 Å². The number of hydrogen-bond donors (Lipinski definition) is 1. The predicted octanol–water partition coefficient (Wildman–Crippen LogP) is 3.94. The first-order valence-electron chi connectivity index (χ1n) is 7.34. The van der Waals surface area contributed by atoms with Gasteiger partial charge in [0, 0.05) is 18.2 Å². The molecule has 0 saturated heterocycles. The van der Waals surface area contributed by atoms with Crippen LogP contribution in [0, 0.1) is 11.7 Å². The second kappa shape index (κ2) is 7.39. The molecule has 1 fully saturated rings. The van der Waals surface area contributed by atoms with Gasteiger partial charge in [0.25, 0.3) is 0 Å². The van der Waals surface area contributed by atoms with E-state index in [-0.39, 0.29) is 18.0 Å². The molecule has 112 valence electrons. The molecule has 2 unspecified atom stereocenters. The SMILES string of the molecule is COC(C(N)Cc1ccc(Cl)cc1F)C1CCCCC1. The Morgan fingerprint density at radius 1 is 1.35 bits per heavy atom. The molecule has 1 aromatic rings. The van der Waals surface area contributed by atoms with Crippen LogP contribution in [0.2, 0.25) is 5.02 Å². The molecular weight excluding hydrogens is 277 g/mol. The standard InChI is InChI=1S/C16H23ClFNO/c1-20-16(11-5-3-2-4-6-11)15(19)9-12-7-8-13(17)10-14(12)18/h7-8,10-11,15-16H,2-6,9,19H2,1H3. The Bertz CT molecular complexity index is 434. The normalized spacial score (nSPS) is 19.8. The highest BCUT2D eigenvalue weighted by Gasteiger charge is 2.29. The van der Waals surface area contributed by atoms with E-state index in [4.69, 9.17) is 22.1 Å². The van der Waals surface area contributed by atoms with Crippen LogP contribution in [-0.4, -0.2) is 19.3 Å². The van der Waals surface area contributed by atoms with Gasteiger partial charge in [-0.3, -0.25) is 0 Å². The van der Waals surface area contributed by atoms with Crippen molar-refractivity contribution in [3.8, 4) is 0 Å². The topological polar surface area (TPSA) is 35.2 Å². The van der Waals surface area contributed by atoms with Gasteiger partial charge in [-0.15, -0.1) is 0 Å². The van der Waals surface area contributed by atoms with Crippen molar-refractivity contribution in [2.75, 3.05) is 7.11 Å². The number of nitrogens with two attached hydrogens (primary N) is 1. The predicted molar refractivity (Wildman–Crippen MR) is 80.5 cm³/mol. The molecule has 0 heterocycles. The molecule has 1 aromatic carbocycles. The number of rotatable bonds is 5. The van der Waals surface area contributed by atoms with Crippen molar-refractivity contribution in [1.82, 2.24) is 0 Å². The maximum absolute atomic E-state index is 13.8. The Hall–Kier alpha value is -0.640. The third-order valence-electron chi connectivity index (χ3n) is 4.28. The third-order valence-corrected chi connectivity index (χ3v) is 4.51. The molecule has 0 aromatic heterocycles. The van der Waals surface area contributed by atoms with Crippen molar-refractivity contribution < 1.29 is 9.13 Å². The molecule has 0 radical (unpaired) electrons. The van der Waals surface area contributed by atoms with E-state index < -0.39 is 0 Å². The minimum atomic E-state index is -0.286. The van der Waals surface area contributed by atoms with Gasteiger partial charge in [-0.25, -0.2) is 4.39 Å². The monoisotopic (exact) mass is 299 g/mol. The molecule has 2 nitrogen and oxygen atoms in total. The number of hydrogen-bond acceptors (Lipinski definition) is 2. The fourth-order valence-electron chi connectivity index (χ4n) is 3.24. The number of benzene rings is 1. The molecule has 20 heavy (non-hydrogen) atoms. The Morgan fingerprint density at radius 2 is 2.05 bits per heavy atom. The van der Waals surface area contributed by atoms with Gasteiger partial charge in [-0.05, 0) is 42.9 Å². The lowest BCUT2D eigenvalue weighted by molar-refractivity contribution is 0.0177. The number of halogens is 2. The van der Waals surface area contributed by atoms with Crippen LogP contribution in [0.15, 0.2) is 18.2 Å². The van der Waals surface area contributed by atoms with E-state index in [1.54, 1.807) is 19.2 Å². The maximum Gasteiger partial charge on any atom is 0.127 e. The van der Waals surface area contributed by atoms with Crippen LogP contribution in [-0.2, 0) is 11.2 Å². The van der Waals surface area contributed by atoms with Crippen LogP contribution < -0.4 is 5.73 Å². The van der Waals surface area contributed by atoms with Crippen LogP contribution >= 0.6 is 11.6 Å². The minimum absolute atomic E-state index is 0.00498. The molecule has 2 rings (SSSR count). The van der Waals surface area contributed by atoms with Gasteiger partial charge in [-0.1, -0.05) is 36.9 Å². The van der Waals surface area contributed by atoms with E-state index in [1.807, 2.05) is 0 Å². The van der Waals surface area contributed by atoms with E-state index in [9.17, 15) is 4.39 Å². The van der Waals surface area contributed by atoms with Gasteiger partial charge in [-0.2, -0.15) is 0 Å². The van der Waals surface area contributed by atoms with E-state index in [1.165, 1.54) is 25.3 Å². The van der Waals surface area contributed by atoms with Crippen molar-refractivity contribution in [2.45, 2.75) is 50.7 Å². The fourth-order valence-corrected chi connectivity index (χ4v) is 3.40. The zero-order chi connectivity index (χ0) is 14.5. The molecule has 1 aliphatic rings. The summed E-state index contributed by atoms with van der Waals surface area (Å²) in [6.07, 6.45) is 6.60. The Balaban J connectivity index is 2.02. The smallest absolute Gasteiger partial charge is 0.127 e. The van der Waals surface area contributed by atoms with E-state index in [2.05, 4.69) is 0 Å². The van der Waals surface area contributed by atoms with Crippen LogP contribution in [0.4, 0.5) is 4.39 Å².